The zero-order valence-electron chi connectivity index (χ0n) is 13.6. The molecule has 1 saturated heterocycles. The predicted octanol–water partition coefficient (Wildman–Crippen LogP) is 3.79. The molecule has 1 N–H and O–H groups in total. The highest BCUT2D eigenvalue weighted by Crippen LogP contribution is 2.33. The van der Waals surface area contributed by atoms with E-state index >= 15 is 0 Å². The fourth-order valence-electron chi connectivity index (χ4n) is 3.00. The van der Waals surface area contributed by atoms with Gasteiger partial charge in [-0.3, -0.25) is 4.79 Å². The van der Waals surface area contributed by atoms with Gasteiger partial charge in [0.25, 0.3) is 5.91 Å². The fraction of sp³-hybridized carbons (Fsp3) is 0.316. The molecule has 0 atom stereocenters. The lowest BCUT2D eigenvalue weighted by Gasteiger charge is -2.38. The van der Waals surface area contributed by atoms with Crippen molar-refractivity contribution in [3.8, 4) is 5.75 Å². The average molecular weight is 408 g/mol. The number of rotatable bonds is 5. The monoisotopic (exact) mass is 407 g/mol. The van der Waals surface area contributed by atoms with Gasteiger partial charge in [0.1, 0.15) is 11.6 Å². The molecular formula is C19H19BrFNO3. The molecule has 0 radical (unpaired) electrons. The van der Waals surface area contributed by atoms with Gasteiger partial charge in [0, 0.05) is 23.8 Å². The Balaban J connectivity index is 1.71. The van der Waals surface area contributed by atoms with Gasteiger partial charge in [-0.25, -0.2) is 4.39 Å². The molecule has 132 valence electrons. The van der Waals surface area contributed by atoms with Crippen LogP contribution in [0, 0.1) is 5.82 Å². The van der Waals surface area contributed by atoms with E-state index < -0.39 is 11.4 Å². The van der Waals surface area contributed by atoms with E-state index in [1.165, 1.54) is 12.1 Å². The van der Waals surface area contributed by atoms with Gasteiger partial charge in [-0.15, -0.1) is 0 Å². The molecule has 1 amide bonds. The zero-order valence-corrected chi connectivity index (χ0v) is 15.2. The van der Waals surface area contributed by atoms with E-state index in [1.807, 2.05) is 24.3 Å². The van der Waals surface area contributed by atoms with Gasteiger partial charge in [-0.2, -0.15) is 0 Å². The number of benzene rings is 2. The number of carbonyl (C=O) groups is 1. The third-order valence-electron chi connectivity index (χ3n) is 4.27. The van der Waals surface area contributed by atoms with Crippen molar-refractivity contribution in [1.82, 2.24) is 5.32 Å². The van der Waals surface area contributed by atoms with Crippen LogP contribution in [0.15, 0.2) is 53.0 Å². The van der Waals surface area contributed by atoms with Crippen LogP contribution >= 0.6 is 15.9 Å². The maximum Gasteiger partial charge on any atom is 0.258 e. The van der Waals surface area contributed by atoms with Gasteiger partial charge in [-0.1, -0.05) is 34.1 Å². The lowest BCUT2D eigenvalue weighted by atomic mass is 9.82. The Kier molecular flexibility index (Phi) is 5.71. The Hall–Kier alpha value is -1.92. The lowest BCUT2D eigenvalue weighted by Crippen LogP contribution is -2.50. The minimum Gasteiger partial charge on any atom is -0.484 e. The van der Waals surface area contributed by atoms with Gasteiger partial charge in [-0.05, 0) is 42.7 Å². The molecule has 2 aromatic carbocycles. The van der Waals surface area contributed by atoms with E-state index in [1.54, 1.807) is 12.1 Å². The van der Waals surface area contributed by atoms with Crippen molar-refractivity contribution in [3.63, 3.8) is 0 Å². The molecule has 25 heavy (non-hydrogen) atoms. The van der Waals surface area contributed by atoms with Crippen LogP contribution in [0.1, 0.15) is 18.4 Å². The molecule has 0 aromatic heterocycles. The minimum atomic E-state index is -0.482. The van der Waals surface area contributed by atoms with E-state index in [0.717, 1.165) is 10.0 Å². The molecule has 0 spiro atoms. The first-order valence-electron chi connectivity index (χ1n) is 8.11. The lowest BCUT2D eigenvalue weighted by molar-refractivity contribution is -0.126. The molecule has 3 rings (SSSR count). The van der Waals surface area contributed by atoms with Gasteiger partial charge in [0.2, 0.25) is 0 Å². The van der Waals surface area contributed by atoms with Crippen molar-refractivity contribution in [2.45, 2.75) is 18.4 Å². The first-order chi connectivity index (χ1) is 12.1. The van der Waals surface area contributed by atoms with E-state index in [0.29, 0.717) is 31.8 Å². The van der Waals surface area contributed by atoms with Crippen LogP contribution in [0.3, 0.4) is 0 Å². The number of nitrogens with one attached hydrogen (secondary N) is 1. The topological polar surface area (TPSA) is 47.6 Å². The Bertz CT molecular complexity index is 747. The van der Waals surface area contributed by atoms with E-state index in [-0.39, 0.29) is 12.5 Å². The fourth-order valence-corrected chi connectivity index (χ4v) is 3.40. The normalized spacial score (nSPS) is 16.2. The first-order valence-corrected chi connectivity index (χ1v) is 8.90. The summed E-state index contributed by atoms with van der Waals surface area (Å²) in [6, 6.07) is 13.7. The third kappa shape index (κ3) is 4.58. The summed E-state index contributed by atoms with van der Waals surface area (Å²) < 4.78 is 25.0. The number of hydrogen-bond acceptors (Lipinski definition) is 3. The maximum atomic E-state index is 13.2. The van der Waals surface area contributed by atoms with E-state index in [2.05, 4.69) is 21.2 Å². The number of hydrogen-bond donors (Lipinski definition) is 1. The highest BCUT2D eigenvalue weighted by atomic mass is 79.9. The molecular weight excluding hydrogens is 389 g/mol. The van der Waals surface area contributed by atoms with E-state index in [9.17, 15) is 9.18 Å². The molecule has 1 fully saturated rings. The second-order valence-corrected chi connectivity index (χ2v) is 6.91. The molecule has 6 heteroatoms. The summed E-state index contributed by atoms with van der Waals surface area (Å²) in [6.07, 6.45) is 1.38. The van der Waals surface area contributed by atoms with Gasteiger partial charge >= 0.3 is 0 Å². The van der Waals surface area contributed by atoms with Crippen LogP contribution in [0.2, 0.25) is 0 Å². The Morgan fingerprint density at radius 2 is 1.96 bits per heavy atom. The minimum absolute atomic E-state index is 0.167. The van der Waals surface area contributed by atoms with Crippen molar-refractivity contribution in [1.29, 1.82) is 0 Å². The quantitative estimate of drug-likeness (QED) is 0.819. The van der Waals surface area contributed by atoms with Crippen LogP contribution in [0.4, 0.5) is 4.39 Å². The zero-order chi connectivity index (χ0) is 17.7. The van der Waals surface area contributed by atoms with Crippen LogP contribution in [-0.4, -0.2) is 25.7 Å². The molecule has 4 nitrogen and oxygen atoms in total. The number of halogens is 2. The number of carbonyl (C=O) groups excluding carboxylic acids is 1. The van der Waals surface area contributed by atoms with Gasteiger partial charge in [0.15, 0.2) is 6.61 Å². The molecule has 1 aliphatic rings. The largest absolute Gasteiger partial charge is 0.484 e. The summed E-state index contributed by atoms with van der Waals surface area (Å²) in [6.45, 7) is 0.995. The maximum absolute atomic E-state index is 13.2. The van der Waals surface area contributed by atoms with Crippen LogP contribution in [-0.2, 0) is 15.1 Å². The highest BCUT2D eigenvalue weighted by molar-refractivity contribution is 9.10. The summed E-state index contributed by atoms with van der Waals surface area (Å²) in [5.74, 6) is -0.308. The second-order valence-electron chi connectivity index (χ2n) is 6.00. The van der Waals surface area contributed by atoms with Crippen molar-refractivity contribution in [2.24, 2.45) is 0 Å². The Morgan fingerprint density at radius 1 is 1.20 bits per heavy atom. The average Bonchev–Trinajstić information content (AvgIpc) is 2.61. The van der Waals surface area contributed by atoms with E-state index in [4.69, 9.17) is 9.47 Å². The molecule has 0 aliphatic carbocycles. The number of amides is 1. The van der Waals surface area contributed by atoms with Crippen molar-refractivity contribution < 1.29 is 18.7 Å². The third-order valence-corrected chi connectivity index (χ3v) is 4.76. The van der Waals surface area contributed by atoms with Crippen LogP contribution in [0.5, 0.6) is 5.75 Å². The SMILES string of the molecule is O=C(COc1cccc(F)c1)NC1(c2cccc(Br)c2)CCOCC1. The van der Waals surface area contributed by atoms with Crippen molar-refractivity contribution >= 4 is 21.8 Å². The smallest absolute Gasteiger partial charge is 0.258 e. The highest BCUT2D eigenvalue weighted by Gasteiger charge is 2.36. The Labute approximate surface area is 154 Å². The number of ether oxygens (including phenoxy) is 2. The summed E-state index contributed by atoms with van der Waals surface area (Å²) in [4.78, 5) is 12.5. The molecule has 0 bridgehead atoms. The summed E-state index contributed by atoms with van der Waals surface area (Å²) in [5, 5.41) is 3.10. The summed E-state index contributed by atoms with van der Waals surface area (Å²) in [5.41, 5.74) is 0.550. The Morgan fingerprint density at radius 3 is 2.68 bits per heavy atom. The van der Waals surface area contributed by atoms with Crippen LogP contribution in [0.25, 0.3) is 0 Å². The molecule has 1 aliphatic heterocycles. The molecule has 0 unspecified atom stereocenters. The van der Waals surface area contributed by atoms with Crippen LogP contribution < -0.4 is 10.1 Å². The molecule has 1 heterocycles. The summed E-state index contributed by atoms with van der Waals surface area (Å²) >= 11 is 3.48. The summed E-state index contributed by atoms with van der Waals surface area (Å²) in [7, 11) is 0. The first kappa shape index (κ1) is 17.9. The predicted molar refractivity (Wildman–Crippen MR) is 95.9 cm³/mol. The standard InChI is InChI=1S/C19H19BrFNO3/c20-15-4-1-3-14(11-15)19(7-9-24-10-8-19)22-18(23)13-25-17-6-2-5-16(21)12-17/h1-6,11-12H,7-10,13H2,(H,22,23). The molecule has 0 saturated carbocycles. The molecule has 2 aromatic rings. The van der Waals surface area contributed by atoms with Crippen molar-refractivity contribution in [2.75, 3.05) is 19.8 Å². The van der Waals surface area contributed by atoms with Gasteiger partial charge in [0.05, 0.1) is 5.54 Å². The van der Waals surface area contributed by atoms with Crippen molar-refractivity contribution in [3.05, 3.63) is 64.4 Å². The van der Waals surface area contributed by atoms with Gasteiger partial charge < -0.3 is 14.8 Å². The second kappa shape index (κ2) is 7.97.